The second kappa shape index (κ2) is 10.8. The van der Waals surface area contributed by atoms with Gasteiger partial charge in [-0.3, -0.25) is 0 Å². The summed E-state index contributed by atoms with van der Waals surface area (Å²) in [5, 5.41) is 0. The van der Waals surface area contributed by atoms with Crippen LogP contribution in [0.15, 0.2) is 83.8 Å². The topological polar surface area (TPSA) is 9.23 Å². The summed E-state index contributed by atoms with van der Waals surface area (Å²) in [6, 6.07) is 23.8. The molecule has 1 nitrogen and oxygen atoms in total. The van der Waals surface area contributed by atoms with Crippen molar-refractivity contribution in [3.05, 3.63) is 124 Å². The van der Waals surface area contributed by atoms with Crippen LogP contribution < -0.4 is 4.74 Å². The Hall–Kier alpha value is -3.18. The molecule has 4 rings (SSSR count). The van der Waals surface area contributed by atoms with E-state index in [2.05, 4.69) is 55.5 Å². The average Bonchev–Trinajstić information content (AvgIpc) is 2.83. The number of hydrogen-bond acceptors (Lipinski definition) is 2. The van der Waals surface area contributed by atoms with Crippen molar-refractivity contribution >= 4 is 11.8 Å². The highest BCUT2D eigenvalue weighted by Gasteiger charge is 2.11. The van der Waals surface area contributed by atoms with E-state index in [0.717, 1.165) is 29.9 Å². The van der Waals surface area contributed by atoms with Crippen LogP contribution in [-0.2, 0) is 18.6 Å². The summed E-state index contributed by atoms with van der Waals surface area (Å²) in [4.78, 5) is 1.25. The lowest BCUT2D eigenvalue weighted by Crippen LogP contribution is -1.96. The van der Waals surface area contributed by atoms with Crippen LogP contribution in [0.25, 0.3) is 0 Å². The second-order valence-electron chi connectivity index (χ2n) is 8.30. The van der Waals surface area contributed by atoms with E-state index in [9.17, 15) is 13.2 Å². The highest BCUT2D eigenvalue weighted by atomic mass is 32.2. The van der Waals surface area contributed by atoms with E-state index in [-0.39, 0.29) is 17.1 Å². The summed E-state index contributed by atoms with van der Waals surface area (Å²) in [6.07, 6.45) is 1.45. The standard InChI is InChI=1S/C29H25F3OS/c1-19-3-12-25(13-4-19)34-18-23-9-6-21(7-10-23)5-8-22-11-14-29(28(32)15-22)33-24-16-26(30)20(2)27(31)17-24/h3-4,6-7,9-17H,5,8,18H2,1-2H3. The molecule has 0 atom stereocenters. The SMILES string of the molecule is Cc1ccc(SCc2ccc(CCc3ccc(Oc4cc(F)c(C)c(F)c4)c(F)c3)cc2)cc1. The van der Waals surface area contributed by atoms with Gasteiger partial charge in [0.25, 0.3) is 0 Å². The molecule has 34 heavy (non-hydrogen) atoms. The Morgan fingerprint density at radius 2 is 1.24 bits per heavy atom. The van der Waals surface area contributed by atoms with Gasteiger partial charge >= 0.3 is 0 Å². The highest BCUT2D eigenvalue weighted by molar-refractivity contribution is 7.98. The fraction of sp³-hybridized carbons (Fsp3) is 0.172. The Morgan fingerprint density at radius 1 is 0.647 bits per heavy atom. The van der Waals surface area contributed by atoms with Gasteiger partial charge in [-0.25, -0.2) is 13.2 Å². The van der Waals surface area contributed by atoms with Gasteiger partial charge in [0, 0.05) is 28.3 Å². The summed E-state index contributed by atoms with van der Waals surface area (Å²) in [5.41, 5.74) is 4.42. The third-order valence-electron chi connectivity index (χ3n) is 5.63. The van der Waals surface area contributed by atoms with Crippen LogP contribution in [0.1, 0.15) is 27.8 Å². The van der Waals surface area contributed by atoms with E-state index in [1.54, 1.807) is 6.07 Å². The largest absolute Gasteiger partial charge is 0.454 e. The van der Waals surface area contributed by atoms with Crippen molar-refractivity contribution in [2.75, 3.05) is 0 Å². The van der Waals surface area contributed by atoms with Crippen LogP contribution in [0.4, 0.5) is 13.2 Å². The molecule has 0 fully saturated rings. The fourth-order valence-electron chi connectivity index (χ4n) is 3.48. The van der Waals surface area contributed by atoms with Crippen molar-refractivity contribution in [2.24, 2.45) is 0 Å². The maximum Gasteiger partial charge on any atom is 0.165 e. The van der Waals surface area contributed by atoms with Gasteiger partial charge in [0.15, 0.2) is 11.6 Å². The van der Waals surface area contributed by atoms with Crippen LogP contribution in [-0.4, -0.2) is 0 Å². The third kappa shape index (κ3) is 6.23. The maximum atomic E-state index is 14.5. The molecule has 0 unspecified atom stereocenters. The predicted octanol–water partition coefficient (Wildman–Crippen LogP) is 8.59. The molecule has 0 saturated heterocycles. The Balaban J connectivity index is 1.32. The van der Waals surface area contributed by atoms with E-state index in [1.165, 1.54) is 40.6 Å². The number of aryl methyl sites for hydroxylation is 3. The fourth-order valence-corrected chi connectivity index (χ4v) is 4.34. The molecule has 0 aromatic heterocycles. The molecule has 5 heteroatoms. The van der Waals surface area contributed by atoms with Gasteiger partial charge in [0.05, 0.1) is 0 Å². The van der Waals surface area contributed by atoms with Gasteiger partial charge in [-0.15, -0.1) is 11.8 Å². The first-order chi connectivity index (χ1) is 16.4. The first-order valence-corrected chi connectivity index (χ1v) is 12.0. The Bertz CT molecular complexity index is 1240. The van der Waals surface area contributed by atoms with Crippen molar-refractivity contribution in [2.45, 2.75) is 37.3 Å². The molecule has 0 radical (unpaired) electrons. The van der Waals surface area contributed by atoms with E-state index >= 15 is 0 Å². The molecule has 0 heterocycles. The number of benzene rings is 4. The number of thioether (sulfide) groups is 1. The monoisotopic (exact) mass is 478 g/mol. The van der Waals surface area contributed by atoms with Crippen molar-refractivity contribution in [3.8, 4) is 11.5 Å². The van der Waals surface area contributed by atoms with Crippen molar-refractivity contribution in [1.29, 1.82) is 0 Å². The van der Waals surface area contributed by atoms with Gasteiger partial charge in [0.2, 0.25) is 0 Å². The summed E-state index contributed by atoms with van der Waals surface area (Å²) in [5.74, 6) is -1.26. The zero-order valence-electron chi connectivity index (χ0n) is 19.1. The van der Waals surface area contributed by atoms with Crippen LogP contribution in [0.3, 0.4) is 0 Å². The van der Waals surface area contributed by atoms with Gasteiger partial charge in [-0.05, 0) is 67.6 Å². The minimum atomic E-state index is -0.730. The molecule has 4 aromatic carbocycles. The molecule has 0 bridgehead atoms. The first-order valence-electron chi connectivity index (χ1n) is 11.1. The van der Waals surface area contributed by atoms with E-state index in [1.807, 2.05) is 11.8 Å². The number of halogens is 3. The molecule has 4 aromatic rings. The molecule has 0 aliphatic rings. The normalized spacial score (nSPS) is 11.0. The molecule has 0 amide bonds. The van der Waals surface area contributed by atoms with E-state index in [0.29, 0.717) is 6.42 Å². The van der Waals surface area contributed by atoms with Crippen LogP contribution in [0, 0.1) is 31.3 Å². The lowest BCUT2D eigenvalue weighted by Gasteiger charge is -2.10. The Morgan fingerprint density at radius 3 is 1.88 bits per heavy atom. The van der Waals surface area contributed by atoms with Crippen LogP contribution >= 0.6 is 11.8 Å². The summed E-state index contributed by atoms with van der Waals surface area (Å²) < 4.78 is 47.3. The minimum absolute atomic E-state index is 0.0677. The van der Waals surface area contributed by atoms with Crippen LogP contribution in [0.5, 0.6) is 11.5 Å². The number of rotatable bonds is 8. The molecular weight excluding hydrogens is 453 g/mol. The molecule has 0 saturated carbocycles. The van der Waals surface area contributed by atoms with Gasteiger partial charge in [0.1, 0.15) is 17.4 Å². The smallest absolute Gasteiger partial charge is 0.165 e. The zero-order valence-corrected chi connectivity index (χ0v) is 19.9. The molecule has 174 valence electrons. The van der Waals surface area contributed by atoms with Gasteiger partial charge in [-0.2, -0.15) is 0 Å². The summed E-state index contributed by atoms with van der Waals surface area (Å²) in [6.45, 7) is 3.42. The van der Waals surface area contributed by atoms with Gasteiger partial charge < -0.3 is 4.74 Å². The highest BCUT2D eigenvalue weighted by Crippen LogP contribution is 2.28. The lowest BCUT2D eigenvalue weighted by atomic mass is 10.0. The van der Waals surface area contributed by atoms with E-state index in [4.69, 9.17) is 4.74 Å². The molecule has 0 aliphatic heterocycles. The van der Waals surface area contributed by atoms with E-state index < -0.39 is 17.5 Å². The Kier molecular flexibility index (Phi) is 7.63. The van der Waals surface area contributed by atoms with Crippen LogP contribution in [0.2, 0.25) is 0 Å². The molecular formula is C29H25F3OS. The quantitative estimate of drug-likeness (QED) is 0.235. The average molecular weight is 479 g/mol. The number of ether oxygens (including phenoxy) is 1. The molecule has 0 aliphatic carbocycles. The second-order valence-corrected chi connectivity index (χ2v) is 9.35. The first kappa shape index (κ1) is 24.0. The van der Waals surface area contributed by atoms with Crippen molar-refractivity contribution in [3.63, 3.8) is 0 Å². The van der Waals surface area contributed by atoms with Crippen molar-refractivity contribution in [1.82, 2.24) is 0 Å². The lowest BCUT2D eigenvalue weighted by molar-refractivity contribution is 0.432. The zero-order chi connectivity index (χ0) is 24.1. The van der Waals surface area contributed by atoms with Gasteiger partial charge in [-0.1, -0.05) is 48.0 Å². The summed E-state index contributed by atoms with van der Waals surface area (Å²) in [7, 11) is 0. The minimum Gasteiger partial charge on any atom is -0.454 e. The summed E-state index contributed by atoms with van der Waals surface area (Å²) >= 11 is 1.81. The molecule has 0 N–H and O–H groups in total. The number of hydrogen-bond donors (Lipinski definition) is 0. The predicted molar refractivity (Wildman–Crippen MR) is 132 cm³/mol. The van der Waals surface area contributed by atoms with Crippen molar-refractivity contribution < 1.29 is 17.9 Å². The Labute approximate surface area is 202 Å². The molecule has 0 spiro atoms. The maximum absolute atomic E-state index is 14.5. The third-order valence-corrected chi connectivity index (χ3v) is 6.71.